The third-order valence-electron chi connectivity index (χ3n) is 3.55. The van der Waals surface area contributed by atoms with Gasteiger partial charge >= 0.3 is 0 Å². The summed E-state index contributed by atoms with van der Waals surface area (Å²) in [6.45, 7) is 1.79. The second-order valence-electron chi connectivity index (χ2n) is 4.89. The summed E-state index contributed by atoms with van der Waals surface area (Å²) in [5.41, 5.74) is -0.821. The minimum Gasteiger partial charge on any atom is -0.385 e. The molecule has 1 nitrogen and oxygen atoms in total. The fourth-order valence-electron chi connectivity index (χ4n) is 2.23. The van der Waals surface area contributed by atoms with E-state index in [0.29, 0.717) is 12.0 Å². The second-order valence-corrected chi connectivity index (χ2v) is 6.66. The van der Waals surface area contributed by atoms with Crippen molar-refractivity contribution in [2.45, 2.75) is 25.4 Å². The van der Waals surface area contributed by atoms with E-state index in [-0.39, 0.29) is 16.5 Å². The molecular formula is C16H14Br2F2O. The lowest BCUT2D eigenvalue weighted by Gasteiger charge is -2.28. The summed E-state index contributed by atoms with van der Waals surface area (Å²) in [5, 5.41) is 10.8. The monoisotopic (exact) mass is 418 g/mol. The molecule has 2 aromatic carbocycles. The Morgan fingerprint density at radius 2 is 1.86 bits per heavy atom. The highest BCUT2D eigenvalue weighted by molar-refractivity contribution is 9.10. The van der Waals surface area contributed by atoms with Gasteiger partial charge in [0.25, 0.3) is 0 Å². The van der Waals surface area contributed by atoms with Gasteiger partial charge in [-0.3, -0.25) is 0 Å². The summed E-state index contributed by atoms with van der Waals surface area (Å²) in [6.07, 6.45) is 0.214. The minimum atomic E-state index is -1.33. The molecule has 1 atom stereocenters. The lowest BCUT2D eigenvalue weighted by molar-refractivity contribution is 0.0309. The fourth-order valence-corrected chi connectivity index (χ4v) is 3.00. The van der Waals surface area contributed by atoms with E-state index in [1.165, 1.54) is 12.1 Å². The van der Waals surface area contributed by atoms with Gasteiger partial charge in [0.05, 0.1) is 10.1 Å². The highest BCUT2D eigenvalue weighted by Crippen LogP contribution is 2.33. The van der Waals surface area contributed by atoms with E-state index in [1.807, 2.05) is 6.07 Å². The van der Waals surface area contributed by atoms with Gasteiger partial charge in [0.15, 0.2) is 0 Å². The molecule has 0 aliphatic heterocycles. The molecule has 2 aromatic rings. The third-order valence-corrected chi connectivity index (χ3v) is 4.66. The molecule has 0 aliphatic carbocycles. The zero-order valence-electron chi connectivity index (χ0n) is 11.3. The molecule has 0 heterocycles. The molecule has 0 radical (unpaired) electrons. The largest absolute Gasteiger partial charge is 0.385 e. The van der Waals surface area contributed by atoms with Crippen LogP contribution in [0.25, 0.3) is 0 Å². The van der Waals surface area contributed by atoms with E-state index in [2.05, 4.69) is 31.9 Å². The van der Waals surface area contributed by atoms with E-state index in [0.717, 1.165) is 4.47 Å². The van der Waals surface area contributed by atoms with Crippen molar-refractivity contribution < 1.29 is 13.9 Å². The van der Waals surface area contributed by atoms with Gasteiger partial charge < -0.3 is 5.11 Å². The van der Waals surface area contributed by atoms with Crippen molar-refractivity contribution in [2.24, 2.45) is 0 Å². The van der Waals surface area contributed by atoms with Crippen LogP contribution in [0.2, 0.25) is 0 Å². The van der Waals surface area contributed by atoms with E-state index in [1.54, 1.807) is 25.1 Å². The van der Waals surface area contributed by atoms with Crippen LogP contribution in [0.3, 0.4) is 0 Å². The smallest absolute Gasteiger partial charge is 0.143 e. The van der Waals surface area contributed by atoms with Crippen molar-refractivity contribution in [1.82, 2.24) is 0 Å². The average Bonchev–Trinajstić information content (AvgIpc) is 2.47. The van der Waals surface area contributed by atoms with E-state index in [9.17, 15) is 13.9 Å². The SMILES string of the molecule is CCC(O)(Cc1c(F)ccc(Br)c1F)c1cccc(Br)c1. The van der Waals surface area contributed by atoms with Gasteiger partial charge in [-0.2, -0.15) is 0 Å². The van der Waals surface area contributed by atoms with Crippen LogP contribution in [0.5, 0.6) is 0 Å². The predicted molar refractivity (Wildman–Crippen MR) is 86.1 cm³/mol. The first-order valence-electron chi connectivity index (χ1n) is 6.48. The van der Waals surface area contributed by atoms with Crippen molar-refractivity contribution in [2.75, 3.05) is 0 Å². The van der Waals surface area contributed by atoms with Gasteiger partial charge in [-0.15, -0.1) is 0 Å². The molecule has 0 saturated carbocycles. The van der Waals surface area contributed by atoms with E-state index < -0.39 is 17.2 Å². The van der Waals surface area contributed by atoms with E-state index in [4.69, 9.17) is 0 Å². The van der Waals surface area contributed by atoms with Crippen molar-refractivity contribution in [3.05, 3.63) is 68.1 Å². The number of hydrogen-bond acceptors (Lipinski definition) is 1. The molecule has 1 N–H and O–H groups in total. The Kier molecular flexibility index (Phi) is 5.17. The Labute approximate surface area is 139 Å². The molecule has 0 fully saturated rings. The lowest BCUT2D eigenvalue weighted by atomic mass is 9.85. The van der Waals surface area contributed by atoms with Crippen LogP contribution in [0.15, 0.2) is 45.3 Å². The lowest BCUT2D eigenvalue weighted by Crippen LogP contribution is -2.28. The van der Waals surface area contributed by atoms with Gasteiger partial charge in [-0.1, -0.05) is 35.0 Å². The van der Waals surface area contributed by atoms with Crippen LogP contribution in [-0.4, -0.2) is 5.11 Å². The zero-order chi connectivity index (χ0) is 15.6. The van der Waals surface area contributed by atoms with Crippen molar-refractivity contribution in [1.29, 1.82) is 0 Å². The Hall–Kier alpha value is -0.780. The molecule has 0 amide bonds. The summed E-state index contributed by atoms with van der Waals surface area (Å²) in [7, 11) is 0. The van der Waals surface area contributed by atoms with Crippen molar-refractivity contribution in [3.8, 4) is 0 Å². The normalized spacial score (nSPS) is 14.0. The molecule has 1 unspecified atom stereocenters. The van der Waals surface area contributed by atoms with Gasteiger partial charge in [-0.05, 0) is 52.2 Å². The van der Waals surface area contributed by atoms with Gasteiger partial charge in [-0.25, -0.2) is 8.78 Å². The quantitative estimate of drug-likeness (QED) is 0.664. The number of rotatable bonds is 4. The Balaban J connectivity index is 2.46. The van der Waals surface area contributed by atoms with Crippen LogP contribution >= 0.6 is 31.9 Å². The summed E-state index contributed by atoms with van der Waals surface area (Å²) in [6, 6.07) is 9.64. The second kappa shape index (κ2) is 6.55. The number of benzene rings is 2. The van der Waals surface area contributed by atoms with Gasteiger partial charge in [0.1, 0.15) is 11.6 Å². The highest BCUT2D eigenvalue weighted by Gasteiger charge is 2.30. The number of halogens is 4. The van der Waals surface area contributed by atoms with E-state index >= 15 is 0 Å². The van der Waals surface area contributed by atoms with Crippen LogP contribution < -0.4 is 0 Å². The Morgan fingerprint density at radius 3 is 2.48 bits per heavy atom. The number of aliphatic hydroxyl groups is 1. The Morgan fingerprint density at radius 1 is 1.14 bits per heavy atom. The molecule has 112 valence electrons. The predicted octanol–water partition coefficient (Wildman–Crippen LogP) is 5.33. The molecule has 21 heavy (non-hydrogen) atoms. The maximum atomic E-state index is 14.1. The van der Waals surface area contributed by atoms with Crippen LogP contribution in [0.4, 0.5) is 8.78 Å². The standard InChI is InChI=1S/C16H14Br2F2O/c1-2-16(21,10-4-3-5-11(17)8-10)9-12-14(19)7-6-13(18)15(12)20/h3-8,21H,2,9H2,1H3. The van der Waals surface area contributed by atoms with Crippen molar-refractivity contribution in [3.63, 3.8) is 0 Å². The highest BCUT2D eigenvalue weighted by atomic mass is 79.9. The fraction of sp³-hybridized carbons (Fsp3) is 0.250. The first-order chi connectivity index (χ1) is 9.87. The maximum absolute atomic E-state index is 14.1. The third kappa shape index (κ3) is 3.52. The minimum absolute atomic E-state index is 0.117. The summed E-state index contributed by atoms with van der Waals surface area (Å²) < 4.78 is 29.0. The molecule has 0 aromatic heterocycles. The Bertz CT molecular complexity index is 661. The van der Waals surface area contributed by atoms with Crippen LogP contribution in [-0.2, 0) is 12.0 Å². The molecule has 0 spiro atoms. The number of hydrogen-bond donors (Lipinski definition) is 1. The topological polar surface area (TPSA) is 20.2 Å². The summed E-state index contributed by atoms with van der Waals surface area (Å²) in [5.74, 6) is -1.32. The first kappa shape index (κ1) is 16.6. The molecule has 0 saturated heterocycles. The van der Waals surface area contributed by atoms with Gasteiger partial charge in [0.2, 0.25) is 0 Å². The van der Waals surface area contributed by atoms with Crippen LogP contribution in [0, 0.1) is 11.6 Å². The first-order valence-corrected chi connectivity index (χ1v) is 8.07. The maximum Gasteiger partial charge on any atom is 0.143 e. The molecular weight excluding hydrogens is 406 g/mol. The zero-order valence-corrected chi connectivity index (χ0v) is 14.5. The summed E-state index contributed by atoms with van der Waals surface area (Å²) >= 11 is 6.39. The molecule has 5 heteroatoms. The average molecular weight is 420 g/mol. The molecule has 2 rings (SSSR count). The van der Waals surface area contributed by atoms with Crippen molar-refractivity contribution >= 4 is 31.9 Å². The molecule has 0 bridgehead atoms. The van der Waals surface area contributed by atoms with Crippen LogP contribution in [0.1, 0.15) is 24.5 Å². The summed E-state index contributed by atoms with van der Waals surface area (Å²) in [4.78, 5) is 0. The van der Waals surface area contributed by atoms with Gasteiger partial charge in [0, 0.05) is 16.5 Å². The molecule has 0 aliphatic rings.